The predicted octanol–water partition coefficient (Wildman–Crippen LogP) is 1.01. The van der Waals surface area contributed by atoms with Crippen molar-refractivity contribution >= 4 is 15.9 Å². The predicted molar refractivity (Wildman–Crippen MR) is 77.0 cm³/mol. The zero-order chi connectivity index (χ0) is 14.1. The number of benzene rings is 1. The highest BCUT2D eigenvalue weighted by atomic mass is 79.9. The van der Waals surface area contributed by atoms with Crippen molar-refractivity contribution in [3.05, 3.63) is 22.2 Å². The van der Waals surface area contributed by atoms with Crippen molar-refractivity contribution in [1.82, 2.24) is 4.90 Å². The summed E-state index contributed by atoms with van der Waals surface area (Å²) < 4.78 is 12.1. The molecule has 20 heavy (non-hydrogen) atoms. The van der Waals surface area contributed by atoms with Crippen molar-refractivity contribution in [3.8, 4) is 11.5 Å². The smallest absolute Gasteiger partial charge is 0.162 e. The molecule has 5 nitrogen and oxygen atoms in total. The number of aliphatic hydroxyl groups is 2. The maximum atomic E-state index is 9.84. The highest BCUT2D eigenvalue weighted by Crippen LogP contribution is 2.36. The van der Waals surface area contributed by atoms with Crippen molar-refractivity contribution in [2.45, 2.75) is 12.6 Å². The van der Waals surface area contributed by atoms with Crippen LogP contribution in [0.3, 0.4) is 0 Å². The number of β-amino-alcohol motifs (C(OH)–C–C–N with tert-alkyl or cyclic N) is 1. The lowest BCUT2D eigenvalue weighted by Crippen LogP contribution is -2.22. The van der Waals surface area contributed by atoms with Crippen molar-refractivity contribution < 1.29 is 19.7 Å². The molecule has 0 spiro atoms. The Kier molecular flexibility index (Phi) is 4.16. The highest BCUT2D eigenvalue weighted by Gasteiger charge is 2.31. The molecule has 6 heteroatoms. The fraction of sp³-hybridized carbons (Fsp3) is 0.571. The summed E-state index contributed by atoms with van der Waals surface area (Å²) in [5.74, 6) is 1.49. The molecular formula is C14H18BrNO4. The molecule has 2 heterocycles. The first-order valence-corrected chi connectivity index (χ1v) is 7.56. The van der Waals surface area contributed by atoms with Crippen molar-refractivity contribution in [1.29, 1.82) is 0 Å². The molecule has 0 saturated carbocycles. The van der Waals surface area contributed by atoms with Crippen LogP contribution in [0.1, 0.15) is 5.56 Å². The van der Waals surface area contributed by atoms with E-state index in [9.17, 15) is 10.2 Å². The number of halogens is 1. The fourth-order valence-electron chi connectivity index (χ4n) is 2.72. The number of aliphatic hydroxyl groups excluding tert-OH is 2. The van der Waals surface area contributed by atoms with E-state index in [4.69, 9.17) is 9.47 Å². The first kappa shape index (κ1) is 14.1. The molecule has 0 aliphatic carbocycles. The lowest BCUT2D eigenvalue weighted by Gasteiger charge is -2.22. The van der Waals surface area contributed by atoms with Crippen LogP contribution in [0.5, 0.6) is 11.5 Å². The second-order valence-corrected chi connectivity index (χ2v) is 6.15. The van der Waals surface area contributed by atoms with Crippen molar-refractivity contribution in [2.75, 3.05) is 32.9 Å². The summed E-state index contributed by atoms with van der Waals surface area (Å²) in [5, 5.41) is 19.0. The second-order valence-electron chi connectivity index (χ2n) is 5.29. The summed E-state index contributed by atoms with van der Waals surface area (Å²) in [7, 11) is 0. The SMILES string of the molecule is OCC1CN(Cc2cc3c(cc2Br)OCCO3)CC1O. The molecule has 0 bridgehead atoms. The van der Waals surface area contributed by atoms with Gasteiger partial charge in [-0.3, -0.25) is 4.90 Å². The lowest BCUT2D eigenvalue weighted by molar-refractivity contribution is 0.103. The van der Waals surface area contributed by atoms with Crippen LogP contribution >= 0.6 is 15.9 Å². The molecule has 3 rings (SSSR count). The van der Waals surface area contributed by atoms with E-state index >= 15 is 0 Å². The molecule has 2 aliphatic heterocycles. The molecule has 1 aromatic rings. The zero-order valence-corrected chi connectivity index (χ0v) is 12.7. The third kappa shape index (κ3) is 2.79. The van der Waals surface area contributed by atoms with Gasteiger partial charge in [0.1, 0.15) is 13.2 Å². The van der Waals surface area contributed by atoms with E-state index in [0.29, 0.717) is 32.8 Å². The summed E-state index contributed by atoms with van der Waals surface area (Å²) >= 11 is 3.56. The largest absolute Gasteiger partial charge is 0.486 e. The van der Waals surface area contributed by atoms with Gasteiger partial charge in [0.2, 0.25) is 0 Å². The van der Waals surface area contributed by atoms with E-state index in [-0.39, 0.29) is 12.5 Å². The summed E-state index contributed by atoms with van der Waals surface area (Å²) in [6.07, 6.45) is -0.448. The van der Waals surface area contributed by atoms with Gasteiger partial charge in [0.25, 0.3) is 0 Å². The topological polar surface area (TPSA) is 62.2 Å². The van der Waals surface area contributed by atoms with Crippen LogP contribution in [0.15, 0.2) is 16.6 Å². The number of hydrogen-bond donors (Lipinski definition) is 2. The van der Waals surface area contributed by atoms with Crippen LogP contribution in [-0.2, 0) is 6.54 Å². The number of rotatable bonds is 3. The van der Waals surface area contributed by atoms with Crippen LogP contribution < -0.4 is 9.47 Å². The second kappa shape index (κ2) is 5.89. The number of likely N-dealkylation sites (tertiary alicyclic amines) is 1. The number of hydrogen-bond acceptors (Lipinski definition) is 5. The Morgan fingerprint density at radius 1 is 1.20 bits per heavy atom. The Hall–Kier alpha value is -0.820. The highest BCUT2D eigenvalue weighted by molar-refractivity contribution is 9.10. The minimum atomic E-state index is -0.448. The van der Waals surface area contributed by atoms with Crippen molar-refractivity contribution in [3.63, 3.8) is 0 Å². The quantitative estimate of drug-likeness (QED) is 0.857. The molecule has 2 aliphatic rings. The molecule has 0 aromatic heterocycles. The van der Waals surface area contributed by atoms with Gasteiger partial charge in [0.05, 0.1) is 6.10 Å². The molecule has 0 amide bonds. The Morgan fingerprint density at radius 3 is 2.55 bits per heavy atom. The first-order valence-electron chi connectivity index (χ1n) is 6.76. The number of fused-ring (bicyclic) bond motifs is 1. The maximum Gasteiger partial charge on any atom is 0.162 e. The van der Waals surface area contributed by atoms with E-state index in [1.54, 1.807) is 0 Å². The van der Waals surface area contributed by atoms with Crippen LogP contribution in [-0.4, -0.2) is 54.1 Å². The van der Waals surface area contributed by atoms with Crippen LogP contribution in [0.2, 0.25) is 0 Å². The Morgan fingerprint density at radius 2 is 1.90 bits per heavy atom. The average molecular weight is 344 g/mol. The molecule has 1 aromatic carbocycles. The molecule has 2 unspecified atom stereocenters. The summed E-state index contributed by atoms with van der Waals surface area (Å²) in [6.45, 7) is 3.19. The molecule has 0 radical (unpaired) electrons. The minimum absolute atomic E-state index is 0.0278. The Labute approximate surface area is 126 Å². The number of ether oxygens (including phenoxy) is 2. The fourth-order valence-corrected chi connectivity index (χ4v) is 3.17. The normalized spacial score (nSPS) is 25.9. The minimum Gasteiger partial charge on any atom is -0.486 e. The van der Waals surface area contributed by atoms with Gasteiger partial charge < -0.3 is 19.7 Å². The van der Waals surface area contributed by atoms with Gasteiger partial charge in [0, 0.05) is 36.6 Å². The molecule has 2 N–H and O–H groups in total. The maximum absolute atomic E-state index is 9.84. The van der Waals surface area contributed by atoms with Gasteiger partial charge in [0.15, 0.2) is 11.5 Å². The van der Waals surface area contributed by atoms with E-state index < -0.39 is 6.10 Å². The van der Waals surface area contributed by atoms with Crippen LogP contribution in [0, 0.1) is 5.92 Å². The monoisotopic (exact) mass is 343 g/mol. The van der Waals surface area contributed by atoms with Crippen LogP contribution in [0.25, 0.3) is 0 Å². The third-order valence-corrected chi connectivity index (χ3v) is 4.56. The summed E-state index contributed by atoms with van der Waals surface area (Å²) in [5.41, 5.74) is 1.10. The lowest BCUT2D eigenvalue weighted by atomic mass is 10.1. The molecule has 2 atom stereocenters. The zero-order valence-electron chi connectivity index (χ0n) is 11.1. The molecule has 110 valence electrons. The third-order valence-electron chi connectivity index (χ3n) is 3.82. The van der Waals surface area contributed by atoms with E-state index in [1.165, 1.54) is 0 Å². The van der Waals surface area contributed by atoms with E-state index in [0.717, 1.165) is 21.5 Å². The van der Waals surface area contributed by atoms with Gasteiger partial charge in [-0.1, -0.05) is 15.9 Å². The van der Waals surface area contributed by atoms with Gasteiger partial charge in [-0.25, -0.2) is 0 Å². The number of nitrogens with zero attached hydrogens (tertiary/aromatic N) is 1. The van der Waals surface area contributed by atoms with Crippen LogP contribution in [0.4, 0.5) is 0 Å². The van der Waals surface area contributed by atoms with E-state index in [1.807, 2.05) is 12.1 Å². The Balaban J connectivity index is 1.74. The Bertz CT molecular complexity index is 496. The van der Waals surface area contributed by atoms with Gasteiger partial charge in [-0.05, 0) is 17.7 Å². The first-order chi connectivity index (χ1) is 9.67. The molecule has 1 saturated heterocycles. The average Bonchev–Trinajstić information content (AvgIpc) is 2.79. The van der Waals surface area contributed by atoms with Crippen molar-refractivity contribution in [2.24, 2.45) is 5.92 Å². The van der Waals surface area contributed by atoms with Gasteiger partial charge in [-0.2, -0.15) is 0 Å². The van der Waals surface area contributed by atoms with Gasteiger partial charge in [-0.15, -0.1) is 0 Å². The summed E-state index contributed by atoms with van der Waals surface area (Å²) in [6, 6.07) is 3.91. The summed E-state index contributed by atoms with van der Waals surface area (Å²) in [4.78, 5) is 2.14. The van der Waals surface area contributed by atoms with E-state index in [2.05, 4.69) is 20.8 Å². The molecule has 1 fully saturated rings. The molecular weight excluding hydrogens is 326 g/mol. The standard InChI is InChI=1S/C14H18BrNO4/c15-11-4-14-13(19-1-2-20-14)3-9(11)5-16-6-10(8-17)12(18)7-16/h3-4,10,12,17-18H,1-2,5-8H2. The van der Waals surface area contributed by atoms with Gasteiger partial charge >= 0.3 is 0 Å².